The Bertz CT molecular complexity index is 700. The Morgan fingerprint density at radius 1 is 1.28 bits per heavy atom. The summed E-state index contributed by atoms with van der Waals surface area (Å²) in [6.45, 7) is 3.37. The van der Waals surface area contributed by atoms with Crippen molar-refractivity contribution in [2.45, 2.75) is 25.6 Å². The van der Waals surface area contributed by atoms with Gasteiger partial charge in [-0.05, 0) is 32.6 Å². The van der Waals surface area contributed by atoms with Crippen molar-refractivity contribution in [3.05, 3.63) is 53.4 Å². The molecule has 1 atom stereocenters. The van der Waals surface area contributed by atoms with Gasteiger partial charge in [0.2, 0.25) is 0 Å². The maximum absolute atomic E-state index is 12.6. The van der Waals surface area contributed by atoms with Crippen molar-refractivity contribution in [3.8, 4) is 0 Å². The molecule has 1 fully saturated rings. The molecule has 0 saturated carbocycles. The van der Waals surface area contributed by atoms with Crippen LogP contribution in [0.4, 0.5) is 0 Å². The van der Waals surface area contributed by atoms with Gasteiger partial charge >= 0.3 is 0 Å². The average Bonchev–Trinajstić information content (AvgIpc) is 3.23. The quantitative estimate of drug-likeness (QED) is 0.804. The summed E-state index contributed by atoms with van der Waals surface area (Å²) in [5, 5.41) is 3.98. The van der Waals surface area contributed by atoms with E-state index in [1.807, 2.05) is 32.3 Å². The molecule has 1 aromatic heterocycles. The number of rotatable bonds is 6. The summed E-state index contributed by atoms with van der Waals surface area (Å²) in [6.07, 6.45) is 1.00. The number of nitrogens with zero attached hydrogens (tertiary/aromatic N) is 4. The molecule has 0 aliphatic carbocycles. The molecule has 6 heteroatoms. The second kappa shape index (κ2) is 7.80. The van der Waals surface area contributed by atoms with Crippen molar-refractivity contribution in [2.75, 3.05) is 34.2 Å². The van der Waals surface area contributed by atoms with Gasteiger partial charge in [0.25, 0.3) is 5.91 Å². The van der Waals surface area contributed by atoms with Crippen LogP contribution in [0.3, 0.4) is 0 Å². The smallest absolute Gasteiger partial charge is 0.276 e. The molecule has 1 amide bonds. The molecular formula is C19H26N4O2. The summed E-state index contributed by atoms with van der Waals surface area (Å²) in [5.74, 6) is 0.639. The van der Waals surface area contributed by atoms with Gasteiger partial charge in [-0.2, -0.15) is 0 Å². The van der Waals surface area contributed by atoms with E-state index in [2.05, 4.69) is 34.1 Å². The van der Waals surface area contributed by atoms with Crippen LogP contribution in [-0.4, -0.2) is 66.0 Å². The molecule has 2 aromatic rings. The van der Waals surface area contributed by atoms with E-state index in [0.29, 0.717) is 18.0 Å². The Labute approximate surface area is 149 Å². The number of carbonyl (C=O) groups excluding carboxylic acids is 1. The van der Waals surface area contributed by atoms with Crippen molar-refractivity contribution in [3.63, 3.8) is 0 Å². The standard InChI is InChI=1S/C19H26N4O2/c1-21-10-9-16(13-21)23(3)19(24)18-11-17(25-20-18)14-22(2)12-15-7-5-4-6-8-15/h4-8,11,16H,9-10,12-14H2,1-3H3/t16-/m0/s1. The van der Waals surface area contributed by atoms with Crippen LogP contribution in [0, 0.1) is 0 Å². The van der Waals surface area contributed by atoms with Crippen molar-refractivity contribution in [2.24, 2.45) is 0 Å². The number of benzene rings is 1. The fraction of sp³-hybridized carbons (Fsp3) is 0.474. The number of likely N-dealkylation sites (tertiary alicyclic amines) is 1. The number of amides is 1. The fourth-order valence-corrected chi connectivity index (χ4v) is 3.28. The van der Waals surface area contributed by atoms with Gasteiger partial charge in [0.1, 0.15) is 0 Å². The zero-order valence-corrected chi connectivity index (χ0v) is 15.2. The van der Waals surface area contributed by atoms with E-state index < -0.39 is 0 Å². The Kier molecular flexibility index (Phi) is 5.50. The van der Waals surface area contributed by atoms with E-state index in [9.17, 15) is 4.79 Å². The SMILES string of the molecule is CN(Cc1ccccc1)Cc1cc(C(=O)N(C)[C@H]2CCN(C)C2)no1. The molecule has 0 radical (unpaired) electrons. The van der Waals surface area contributed by atoms with Gasteiger partial charge in [-0.25, -0.2) is 0 Å². The largest absolute Gasteiger partial charge is 0.359 e. The first-order valence-corrected chi connectivity index (χ1v) is 8.66. The van der Waals surface area contributed by atoms with E-state index in [-0.39, 0.29) is 11.9 Å². The molecule has 0 bridgehead atoms. The van der Waals surface area contributed by atoms with Crippen LogP contribution in [0.15, 0.2) is 40.9 Å². The minimum Gasteiger partial charge on any atom is -0.359 e. The van der Waals surface area contributed by atoms with Crippen LogP contribution in [0.1, 0.15) is 28.2 Å². The van der Waals surface area contributed by atoms with Gasteiger partial charge in [-0.3, -0.25) is 9.69 Å². The van der Waals surface area contributed by atoms with E-state index in [0.717, 1.165) is 26.1 Å². The summed E-state index contributed by atoms with van der Waals surface area (Å²) >= 11 is 0. The van der Waals surface area contributed by atoms with Crippen molar-refractivity contribution < 1.29 is 9.32 Å². The Balaban J connectivity index is 1.57. The molecule has 25 heavy (non-hydrogen) atoms. The summed E-state index contributed by atoms with van der Waals surface area (Å²) in [5.41, 5.74) is 1.63. The normalized spacial score (nSPS) is 18.0. The Hall–Kier alpha value is -2.18. The van der Waals surface area contributed by atoms with Crippen LogP contribution in [0.25, 0.3) is 0 Å². The zero-order chi connectivity index (χ0) is 17.8. The molecule has 1 aliphatic heterocycles. The molecule has 0 N–H and O–H groups in total. The van der Waals surface area contributed by atoms with Crippen molar-refractivity contribution in [1.29, 1.82) is 0 Å². The Morgan fingerprint density at radius 3 is 2.72 bits per heavy atom. The van der Waals surface area contributed by atoms with Gasteiger partial charge in [-0.1, -0.05) is 35.5 Å². The van der Waals surface area contributed by atoms with Crippen LogP contribution >= 0.6 is 0 Å². The first-order chi connectivity index (χ1) is 12.0. The van der Waals surface area contributed by atoms with Gasteiger partial charge < -0.3 is 14.3 Å². The molecule has 134 valence electrons. The summed E-state index contributed by atoms with van der Waals surface area (Å²) < 4.78 is 5.38. The van der Waals surface area contributed by atoms with E-state index in [4.69, 9.17) is 4.52 Å². The van der Waals surface area contributed by atoms with Gasteiger partial charge in [0.15, 0.2) is 11.5 Å². The molecule has 6 nitrogen and oxygen atoms in total. The second-order valence-electron chi connectivity index (χ2n) is 6.96. The summed E-state index contributed by atoms with van der Waals surface area (Å²) in [4.78, 5) is 18.8. The summed E-state index contributed by atoms with van der Waals surface area (Å²) in [6, 6.07) is 12.3. The van der Waals surface area contributed by atoms with Gasteiger partial charge in [0, 0.05) is 32.2 Å². The second-order valence-corrected chi connectivity index (χ2v) is 6.96. The Morgan fingerprint density at radius 2 is 2.04 bits per heavy atom. The third kappa shape index (κ3) is 4.46. The highest BCUT2D eigenvalue weighted by atomic mass is 16.5. The van der Waals surface area contributed by atoms with Crippen LogP contribution in [-0.2, 0) is 13.1 Å². The molecule has 2 heterocycles. The van der Waals surface area contributed by atoms with Crippen LogP contribution < -0.4 is 0 Å². The lowest BCUT2D eigenvalue weighted by Crippen LogP contribution is -2.38. The van der Waals surface area contributed by atoms with Crippen molar-refractivity contribution >= 4 is 5.91 Å². The highest BCUT2D eigenvalue weighted by molar-refractivity contribution is 5.92. The van der Waals surface area contributed by atoms with Gasteiger partial charge in [-0.15, -0.1) is 0 Å². The third-order valence-corrected chi connectivity index (χ3v) is 4.73. The topological polar surface area (TPSA) is 52.8 Å². The zero-order valence-electron chi connectivity index (χ0n) is 15.2. The minimum atomic E-state index is -0.0685. The highest BCUT2D eigenvalue weighted by Gasteiger charge is 2.28. The lowest BCUT2D eigenvalue weighted by Gasteiger charge is -2.23. The monoisotopic (exact) mass is 342 g/mol. The number of likely N-dealkylation sites (N-methyl/N-ethyl adjacent to an activating group) is 2. The van der Waals surface area contributed by atoms with Crippen LogP contribution in [0.5, 0.6) is 0 Å². The first-order valence-electron chi connectivity index (χ1n) is 8.66. The number of aromatic nitrogens is 1. The molecule has 1 aromatic carbocycles. The minimum absolute atomic E-state index is 0.0685. The molecule has 1 saturated heterocycles. The van der Waals surface area contributed by atoms with E-state index in [1.165, 1.54) is 5.56 Å². The maximum Gasteiger partial charge on any atom is 0.276 e. The fourth-order valence-electron chi connectivity index (χ4n) is 3.28. The van der Waals surface area contributed by atoms with Crippen LogP contribution in [0.2, 0.25) is 0 Å². The van der Waals surface area contributed by atoms with E-state index >= 15 is 0 Å². The lowest BCUT2D eigenvalue weighted by atomic mass is 10.2. The van der Waals surface area contributed by atoms with E-state index in [1.54, 1.807) is 11.0 Å². The molecular weight excluding hydrogens is 316 g/mol. The number of hydrogen-bond acceptors (Lipinski definition) is 5. The average molecular weight is 342 g/mol. The highest BCUT2D eigenvalue weighted by Crippen LogP contribution is 2.16. The maximum atomic E-state index is 12.6. The molecule has 0 spiro atoms. The number of hydrogen-bond donors (Lipinski definition) is 0. The third-order valence-electron chi connectivity index (χ3n) is 4.73. The molecule has 3 rings (SSSR count). The van der Waals surface area contributed by atoms with Crippen molar-refractivity contribution in [1.82, 2.24) is 19.9 Å². The summed E-state index contributed by atoms with van der Waals surface area (Å²) in [7, 11) is 5.95. The lowest BCUT2D eigenvalue weighted by molar-refractivity contribution is 0.0727. The molecule has 0 unspecified atom stereocenters. The first kappa shape index (κ1) is 17.6. The predicted molar refractivity (Wildman–Crippen MR) is 96.1 cm³/mol. The predicted octanol–water partition coefficient (Wildman–Crippen LogP) is 2.08. The number of carbonyl (C=O) groups is 1. The molecule has 1 aliphatic rings. The van der Waals surface area contributed by atoms with Gasteiger partial charge in [0.05, 0.1) is 6.54 Å².